The van der Waals surface area contributed by atoms with Crippen molar-refractivity contribution in [1.29, 1.82) is 0 Å². The average Bonchev–Trinajstić information content (AvgIpc) is 2.44. The SMILES string of the molecule is Cc1ccc([C@@H](N2CCNCC2)C(F)(F)CO)cc1Cl. The van der Waals surface area contributed by atoms with Crippen LogP contribution >= 0.6 is 11.6 Å². The molecule has 3 nitrogen and oxygen atoms in total. The molecule has 1 aliphatic rings. The van der Waals surface area contributed by atoms with Gasteiger partial charge in [0.1, 0.15) is 12.6 Å². The van der Waals surface area contributed by atoms with Crippen molar-refractivity contribution < 1.29 is 13.9 Å². The first kappa shape index (κ1) is 15.6. The molecule has 0 radical (unpaired) electrons. The number of aryl methyl sites for hydroxylation is 1. The van der Waals surface area contributed by atoms with Gasteiger partial charge >= 0.3 is 0 Å². The summed E-state index contributed by atoms with van der Waals surface area (Å²) in [6, 6.07) is 3.83. The Labute approximate surface area is 122 Å². The molecule has 1 saturated heterocycles. The Kier molecular flexibility index (Phi) is 4.96. The highest BCUT2D eigenvalue weighted by atomic mass is 35.5. The molecular formula is C14H19ClF2N2O. The second kappa shape index (κ2) is 6.35. The van der Waals surface area contributed by atoms with Gasteiger partial charge in [0, 0.05) is 31.2 Å². The van der Waals surface area contributed by atoms with Crippen LogP contribution in [0.4, 0.5) is 8.78 Å². The van der Waals surface area contributed by atoms with Crippen LogP contribution in [0.25, 0.3) is 0 Å². The molecule has 1 aromatic carbocycles. The smallest absolute Gasteiger partial charge is 0.289 e. The van der Waals surface area contributed by atoms with E-state index in [0.717, 1.165) is 5.56 Å². The van der Waals surface area contributed by atoms with Crippen molar-refractivity contribution in [3.8, 4) is 0 Å². The van der Waals surface area contributed by atoms with Crippen molar-refractivity contribution in [2.75, 3.05) is 32.8 Å². The van der Waals surface area contributed by atoms with Crippen LogP contribution < -0.4 is 5.32 Å². The van der Waals surface area contributed by atoms with Gasteiger partial charge in [0.15, 0.2) is 0 Å². The van der Waals surface area contributed by atoms with E-state index in [4.69, 9.17) is 16.7 Å². The molecule has 112 valence electrons. The molecule has 2 rings (SSSR count). The van der Waals surface area contributed by atoms with Gasteiger partial charge in [-0.25, -0.2) is 8.78 Å². The van der Waals surface area contributed by atoms with E-state index in [0.29, 0.717) is 36.8 Å². The Hall–Kier alpha value is -0.750. The van der Waals surface area contributed by atoms with Gasteiger partial charge in [-0.2, -0.15) is 0 Å². The number of rotatable bonds is 4. The highest BCUT2D eigenvalue weighted by molar-refractivity contribution is 6.31. The van der Waals surface area contributed by atoms with Crippen LogP contribution in [0.15, 0.2) is 18.2 Å². The number of aliphatic hydroxyl groups excluding tert-OH is 1. The standard InChI is InChI=1S/C14H19ClF2N2O/c1-10-2-3-11(8-12(10)15)13(14(16,17)9-20)19-6-4-18-5-7-19/h2-3,8,13,18,20H,4-7,9H2,1H3/t13-/m1/s1. The summed E-state index contributed by atoms with van der Waals surface area (Å²) in [7, 11) is 0. The number of hydrogen-bond acceptors (Lipinski definition) is 3. The summed E-state index contributed by atoms with van der Waals surface area (Å²) in [6.45, 7) is 3.02. The second-order valence-electron chi connectivity index (χ2n) is 5.12. The van der Waals surface area contributed by atoms with Gasteiger partial charge in [0.05, 0.1) is 0 Å². The maximum Gasteiger partial charge on any atom is 0.289 e. The van der Waals surface area contributed by atoms with Crippen LogP contribution in [0.3, 0.4) is 0 Å². The summed E-state index contributed by atoms with van der Waals surface area (Å²) >= 11 is 6.05. The number of halogens is 3. The molecule has 0 amide bonds. The fourth-order valence-electron chi connectivity index (χ4n) is 2.53. The van der Waals surface area contributed by atoms with E-state index < -0.39 is 18.6 Å². The van der Waals surface area contributed by atoms with E-state index in [1.54, 1.807) is 23.1 Å². The van der Waals surface area contributed by atoms with Gasteiger partial charge in [-0.3, -0.25) is 4.90 Å². The summed E-state index contributed by atoms with van der Waals surface area (Å²) in [6.07, 6.45) is 0. The summed E-state index contributed by atoms with van der Waals surface area (Å²) in [5, 5.41) is 12.7. The lowest BCUT2D eigenvalue weighted by atomic mass is 9.97. The average molecular weight is 305 g/mol. The quantitative estimate of drug-likeness (QED) is 0.895. The van der Waals surface area contributed by atoms with Crippen molar-refractivity contribution in [1.82, 2.24) is 10.2 Å². The van der Waals surface area contributed by atoms with E-state index in [1.807, 2.05) is 6.92 Å². The minimum Gasteiger partial charge on any atom is -0.390 e. The topological polar surface area (TPSA) is 35.5 Å². The maximum atomic E-state index is 14.2. The summed E-state index contributed by atoms with van der Waals surface area (Å²) in [4.78, 5) is 1.70. The van der Waals surface area contributed by atoms with Crippen LogP contribution in [0.1, 0.15) is 17.2 Å². The molecule has 0 aromatic heterocycles. The van der Waals surface area contributed by atoms with E-state index in [-0.39, 0.29) is 0 Å². The predicted octanol–water partition coefficient (Wildman–Crippen LogP) is 2.22. The molecule has 0 aliphatic carbocycles. The van der Waals surface area contributed by atoms with Crippen LogP contribution in [-0.2, 0) is 0 Å². The second-order valence-corrected chi connectivity index (χ2v) is 5.52. The molecule has 1 heterocycles. The minimum atomic E-state index is -3.20. The number of aliphatic hydroxyl groups is 1. The van der Waals surface area contributed by atoms with Crippen molar-refractivity contribution in [2.24, 2.45) is 0 Å². The van der Waals surface area contributed by atoms with Gasteiger partial charge in [0.25, 0.3) is 5.92 Å². The number of piperazine rings is 1. The number of nitrogens with zero attached hydrogens (tertiary/aromatic N) is 1. The van der Waals surface area contributed by atoms with Crippen molar-refractivity contribution in [3.63, 3.8) is 0 Å². The zero-order valence-corrected chi connectivity index (χ0v) is 12.1. The zero-order chi connectivity index (χ0) is 14.8. The van der Waals surface area contributed by atoms with E-state index >= 15 is 0 Å². The Balaban J connectivity index is 2.36. The van der Waals surface area contributed by atoms with Gasteiger partial charge in [-0.05, 0) is 24.1 Å². The zero-order valence-electron chi connectivity index (χ0n) is 11.4. The molecule has 1 aliphatic heterocycles. The van der Waals surface area contributed by atoms with Crippen LogP contribution in [-0.4, -0.2) is 48.7 Å². The Bertz CT molecular complexity index is 464. The molecule has 0 unspecified atom stereocenters. The van der Waals surface area contributed by atoms with Crippen LogP contribution in [0.5, 0.6) is 0 Å². The molecule has 1 aromatic rings. The van der Waals surface area contributed by atoms with Crippen molar-refractivity contribution >= 4 is 11.6 Å². The van der Waals surface area contributed by atoms with Crippen molar-refractivity contribution in [2.45, 2.75) is 18.9 Å². The summed E-state index contributed by atoms with van der Waals surface area (Å²) < 4.78 is 28.3. The summed E-state index contributed by atoms with van der Waals surface area (Å²) in [5.74, 6) is -3.20. The number of benzene rings is 1. The van der Waals surface area contributed by atoms with Crippen LogP contribution in [0.2, 0.25) is 5.02 Å². The first-order valence-corrected chi connectivity index (χ1v) is 7.03. The number of alkyl halides is 2. The molecular weight excluding hydrogens is 286 g/mol. The maximum absolute atomic E-state index is 14.2. The molecule has 0 saturated carbocycles. The fraction of sp³-hybridized carbons (Fsp3) is 0.571. The highest BCUT2D eigenvalue weighted by Crippen LogP contribution is 2.37. The molecule has 20 heavy (non-hydrogen) atoms. The van der Waals surface area contributed by atoms with E-state index in [9.17, 15) is 8.78 Å². The molecule has 2 N–H and O–H groups in total. The van der Waals surface area contributed by atoms with Gasteiger partial charge < -0.3 is 10.4 Å². The fourth-order valence-corrected chi connectivity index (χ4v) is 2.72. The van der Waals surface area contributed by atoms with E-state index in [1.165, 1.54) is 0 Å². The Morgan fingerprint density at radius 1 is 1.40 bits per heavy atom. The predicted molar refractivity (Wildman–Crippen MR) is 75.4 cm³/mol. The lowest BCUT2D eigenvalue weighted by Crippen LogP contribution is -2.51. The van der Waals surface area contributed by atoms with Gasteiger partial charge in [0.2, 0.25) is 0 Å². The summed E-state index contributed by atoms with van der Waals surface area (Å²) in [5.41, 5.74) is 1.29. The largest absolute Gasteiger partial charge is 0.390 e. The Morgan fingerprint density at radius 3 is 2.60 bits per heavy atom. The van der Waals surface area contributed by atoms with Crippen LogP contribution in [0, 0.1) is 6.92 Å². The monoisotopic (exact) mass is 304 g/mol. The van der Waals surface area contributed by atoms with E-state index in [2.05, 4.69) is 5.32 Å². The Morgan fingerprint density at radius 2 is 2.05 bits per heavy atom. The lowest BCUT2D eigenvalue weighted by molar-refractivity contribution is -0.118. The molecule has 1 fully saturated rings. The normalized spacial score (nSPS) is 19.1. The minimum absolute atomic E-state index is 0.446. The third kappa shape index (κ3) is 3.28. The highest BCUT2D eigenvalue weighted by Gasteiger charge is 2.44. The number of hydrogen-bond donors (Lipinski definition) is 2. The molecule has 0 spiro atoms. The van der Waals surface area contributed by atoms with Crippen molar-refractivity contribution in [3.05, 3.63) is 34.3 Å². The molecule has 0 bridgehead atoms. The van der Waals surface area contributed by atoms with Gasteiger partial charge in [-0.1, -0.05) is 23.7 Å². The number of nitrogens with one attached hydrogen (secondary N) is 1. The molecule has 1 atom stereocenters. The third-order valence-corrected chi connectivity index (χ3v) is 4.05. The first-order valence-electron chi connectivity index (χ1n) is 6.65. The van der Waals surface area contributed by atoms with Gasteiger partial charge in [-0.15, -0.1) is 0 Å². The third-order valence-electron chi connectivity index (χ3n) is 3.64. The first-order chi connectivity index (χ1) is 9.45. The lowest BCUT2D eigenvalue weighted by Gasteiger charge is -2.38. The molecule has 6 heteroatoms.